The Morgan fingerprint density at radius 1 is 0.381 bits per heavy atom. The van der Waals surface area contributed by atoms with Crippen LogP contribution in [-0.4, -0.2) is 96.7 Å². The maximum atomic E-state index is 12.7. The van der Waals surface area contributed by atoms with E-state index in [0.717, 1.165) is 64.2 Å². The number of rotatable bonds is 45. The molecule has 0 saturated heterocycles. The normalized spacial score (nSPS) is 14.8. The first-order valence-corrected chi connectivity index (χ1v) is 26.8. The van der Waals surface area contributed by atoms with Gasteiger partial charge in [0.15, 0.2) is 12.2 Å². The van der Waals surface area contributed by atoms with Gasteiger partial charge < -0.3 is 33.8 Å². The number of aliphatic hydroxyl groups is 1. The summed E-state index contributed by atoms with van der Waals surface area (Å²) < 4.78 is 66.1. The zero-order valence-corrected chi connectivity index (χ0v) is 40.8. The number of phosphoric acid groups is 2. The molecule has 19 heteroatoms. The molecule has 0 saturated carbocycles. The standard InChI is InChI=1S/C44H84O17P2/c1-5-9-13-15-17-19-21-23-26-30-42(47)55-35-40(61-44(49)31-27-24-22-20-18-16-14-10-6-2)37-59-63(52,53)57-33-38(45)32-56-62(50,51)58-36-39(60-43(48)28-12-8-4)34-54-41(46)29-25-11-7-3/h38-40,45H,5-37H2,1-4H3,(H,50,51)(H,52,53)/t38-,39+,40+/m0/s1. The number of aliphatic hydroxyl groups excluding tert-OH is 1. The van der Waals surface area contributed by atoms with Crippen molar-refractivity contribution < 1.29 is 80.2 Å². The lowest BCUT2D eigenvalue weighted by Gasteiger charge is -2.21. The molecule has 0 rings (SSSR count). The predicted molar refractivity (Wildman–Crippen MR) is 238 cm³/mol. The van der Waals surface area contributed by atoms with Crippen LogP contribution in [0.1, 0.15) is 201 Å². The van der Waals surface area contributed by atoms with Crippen LogP contribution in [0, 0.1) is 0 Å². The Kier molecular flexibility index (Phi) is 39.1. The quantitative estimate of drug-likeness (QED) is 0.0223. The lowest BCUT2D eigenvalue weighted by molar-refractivity contribution is -0.161. The zero-order chi connectivity index (χ0) is 47.0. The molecule has 2 unspecified atom stereocenters. The van der Waals surface area contributed by atoms with Gasteiger partial charge in [0.1, 0.15) is 19.3 Å². The summed E-state index contributed by atoms with van der Waals surface area (Å²) in [5.41, 5.74) is 0. The molecule has 0 aliphatic heterocycles. The third-order valence-corrected chi connectivity index (χ3v) is 11.8. The summed E-state index contributed by atoms with van der Waals surface area (Å²) in [5.74, 6) is -2.23. The smallest absolute Gasteiger partial charge is 0.462 e. The molecule has 0 amide bonds. The van der Waals surface area contributed by atoms with E-state index in [-0.39, 0.29) is 25.7 Å². The van der Waals surface area contributed by atoms with Crippen molar-refractivity contribution in [2.45, 2.75) is 219 Å². The highest BCUT2D eigenvalue weighted by molar-refractivity contribution is 7.47. The van der Waals surface area contributed by atoms with Gasteiger partial charge in [-0.1, -0.05) is 150 Å². The highest BCUT2D eigenvalue weighted by Gasteiger charge is 2.30. The summed E-state index contributed by atoms with van der Waals surface area (Å²) in [6, 6.07) is 0. The van der Waals surface area contributed by atoms with Crippen molar-refractivity contribution in [1.29, 1.82) is 0 Å². The van der Waals surface area contributed by atoms with Gasteiger partial charge in [-0.2, -0.15) is 0 Å². The maximum Gasteiger partial charge on any atom is 0.472 e. The van der Waals surface area contributed by atoms with Crippen molar-refractivity contribution in [2.75, 3.05) is 39.6 Å². The second-order valence-electron chi connectivity index (χ2n) is 16.1. The molecule has 0 fully saturated rings. The number of hydrogen-bond acceptors (Lipinski definition) is 15. The molecule has 0 aliphatic rings. The minimum atomic E-state index is -4.91. The fourth-order valence-corrected chi connectivity index (χ4v) is 7.66. The second-order valence-corrected chi connectivity index (χ2v) is 19.0. The number of ether oxygens (including phenoxy) is 4. The Balaban J connectivity index is 5.06. The lowest BCUT2D eigenvalue weighted by Crippen LogP contribution is -2.30. The van der Waals surface area contributed by atoms with E-state index in [2.05, 4.69) is 13.8 Å². The average molecular weight is 947 g/mol. The van der Waals surface area contributed by atoms with E-state index in [4.69, 9.17) is 37.0 Å². The summed E-state index contributed by atoms with van der Waals surface area (Å²) >= 11 is 0. The molecule has 3 N–H and O–H groups in total. The van der Waals surface area contributed by atoms with Crippen molar-refractivity contribution >= 4 is 39.5 Å². The van der Waals surface area contributed by atoms with Crippen LogP contribution < -0.4 is 0 Å². The van der Waals surface area contributed by atoms with Crippen LogP contribution in [0.25, 0.3) is 0 Å². The van der Waals surface area contributed by atoms with Crippen LogP contribution in [0.2, 0.25) is 0 Å². The van der Waals surface area contributed by atoms with Gasteiger partial charge in [0.25, 0.3) is 0 Å². The van der Waals surface area contributed by atoms with Gasteiger partial charge in [-0.25, -0.2) is 9.13 Å². The molecule has 0 aromatic carbocycles. The van der Waals surface area contributed by atoms with Crippen molar-refractivity contribution in [1.82, 2.24) is 0 Å². The molecule has 0 spiro atoms. The molecular formula is C44H84O17P2. The molecule has 0 radical (unpaired) electrons. The number of esters is 4. The summed E-state index contributed by atoms with van der Waals surface area (Å²) in [4.78, 5) is 70.0. The highest BCUT2D eigenvalue weighted by atomic mass is 31.2. The molecular weight excluding hydrogens is 862 g/mol. The predicted octanol–water partition coefficient (Wildman–Crippen LogP) is 10.1. The van der Waals surface area contributed by atoms with E-state index in [0.29, 0.717) is 25.7 Å². The maximum absolute atomic E-state index is 12.7. The molecule has 372 valence electrons. The third-order valence-electron chi connectivity index (χ3n) is 9.85. The first-order valence-electron chi connectivity index (χ1n) is 23.8. The summed E-state index contributed by atoms with van der Waals surface area (Å²) in [5, 5.41) is 10.3. The molecule has 0 aliphatic carbocycles. The van der Waals surface area contributed by atoms with E-state index in [1.54, 1.807) is 0 Å². The lowest BCUT2D eigenvalue weighted by atomic mass is 10.1. The van der Waals surface area contributed by atoms with Gasteiger partial charge in [0, 0.05) is 25.7 Å². The highest BCUT2D eigenvalue weighted by Crippen LogP contribution is 2.45. The summed E-state index contributed by atoms with van der Waals surface area (Å²) in [7, 11) is -9.80. The minimum absolute atomic E-state index is 0.0768. The van der Waals surface area contributed by atoms with Gasteiger partial charge in [0.2, 0.25) is 0 Å². The summed E-state index contributed by atoms with van der Waals surface area (Å²) in [6.45, 7) is 4.24. The van der Waals surface area contributed by atoms with E-state index in [1.165, 1.54) is 57.8 Å². The molecule has 5 atom stereocenters. The van der Waals surface area contributed by atoms with Crippen LogP contribution in [0.4, 0.5) is 0 Å². The van der Waals surface area contributed by atoms with E-state index in [1.807, 2.05) is 13.8 Å². The number of carbonyl (C=O) groups is 4. The topological polar surface area (TPSA) is 237 Å². The number of hydrogen-bond donors (Lipinski definition) is 3. The van der Waals surface area contributed by atoms with Gasteiger partial charge >= 0.3 is 39.5 Å². The van der Waals surface area contributed by atoms with Gasteiger partial charge in [-0.05, 0) is 25.7 Å². The van der Waals surface area contributed by atoms with Crippen LogP contribution in [-0.2, 0) is 65.4 Å². The molecule has 0 aromatic heterocycles. The van der Waals surface area contributed by atoms with Crippen molar-refractivity contribution in [3.8, 4) is 0 Å². The largest absolute Gasteiger partial charge is 0.472 e. The Morgan fingerprint density at radius 2 is 0.651 bits per heavy atom. The molecule has 0 heterocycles. The summed E-state index contributed by atoms with van der Waals surface area (Å²) in [6.07, 6.45) is 19.1. The second kappa shape index (κ2) is 40.3. The van der Waals surface area contributed by atoms with Crippen LogP contribution in [0.15, 0.2) is 0 Å². The van der Waals surface area contributed by atoms with E-state index < -0.39 is 97.5 Å². The van der Waals surface area contributed by atoms with Crippen LogP contribution >= 0.6 is 15.6 Å². The number of unbranched alkanes of at least 4 members (excludes halogenated alkanes) is 19. The first kappa shape index (κ1) is 61.1. The van der Waals surface area contributed by atoms with Crippen molar-refractivity contribution in [3.05, 3.63) is 0 Å². The SMILES string of the molecule is CCCCCCCCCCCC(=O)OC[C@H](COP(=O)(O)OC[C@@H](O)COP(=O)(O)OC[C@@H](COC(=O)CCCCC)OC(=O)CCCC)OC(=O)CCCCCCCCCCC. The zero-order valence-electron chi connectivity index (χ0n) is 39.0. The monoisotopic (exact) mass is 947 g/mol. The van der Waals surface area contributed by atoms with Crippen LogP contribution in [0.5, 0.6) is 0 Å². The average Bonchev–Trinajstić information content (AvgIpc) is 3.25. The van der Waals surface area contributed by atoms with Crippen molar-refractivity contribution in [3.63, 3.8) is 0 Å². The Bertz CT molecular complexity index is 1270. The molecule has 0 aromatic rings. The minimum Gasteiger partial charge on any atom is -0.462 e. The molecule has 63 heavy (non-hydrogen) atoms. The number of phosphoric ester groups is 2. The Labute approximate surface area is 377 Å². The molecule has 17 nitrogen and oxygen atoms in total. The van der Waals surface area contributed by atoms with Crippen LogP contribution in [0.3, 0.4) is 0 Å². The van der Waals surface area contributed by atoms with Gasteiger partial charge in [0.05, 0.1) is 26.4 Å². The van der Waals surface area contributed by atoms with E-state index in [9.17, 15) is 43.2 Å². The van der Waals surface area contributed by atoms with E-state index >= 15 is 0 Å². The Hall–Kier alpha value is -1.94. The van der Waals surface area contributed by atoms with Crippen molar-refractivity contribution in [2.24, 2.45) is 0 Å². The Morgan fingerprint density at radius 3 is 1.02 bits per heavy atom. The molecule has 0 bridgehead atoms. The van der Waals surface area contributed by atoms with Gasteiger partial charge in [-0.15, -0.1) is 0 Å². The van der Waals surface area contributed by atoms with Gasteiger partial charge in [-0.3, -0.25) is 37.3 Å². The third kappa shape index (κ3) is 40.1. The fraction of sp³-hybridized carbons (Fsp3) is 0.909. The fourth-order valence-electron chi connectivity index (χ4n) is 6.08. The number of carbonyl (C=O) groups excluding carboxylic acids is 4. The first-order chi connectivity index (χ1) is 30.2.